The minimum absolute atomic E-state index is 0.0631. The Hall–Kier alpha value is -2.96. The van der Waals surface area contributed by atoms with Crippen LogP contribution < -0.4 is 5.56 Å². The van der Waals surface area contributed by atoms with Gasteiger partial charge in [-0.3, -0.25) is 14.4 Å². The summed E-state index contributed by atoms with van der Waals surface area (Å²) in [7, 11) is 0. The molecule has 2 bridgehead atoms. The predicted molar refractivity (Wildman–Crippen MR) is 124 cm³/mol. The molecule has 1 saturated carbocycles. The normalized spacial score (nSPS) is 30.4. The van der Waals surface area contributed by atoms with Crippen molar-refractivity contribution in [3.63, 3.8) is 0 Å². The van der Waals surface area contributed by atoms with Crippen LogP contribution in [0, 0.1) is 12.3 Å². The first-order valence-corrected chi connectivity index (χ1v) is 12.0. The van der Waals surface area contributed by atoms with Crippen LogP contribution in [0.15, 0.2) is 47.3 Å². The van der Waals surface area contributed by atoms with Gasteiger partial charge in [-0.2, -0.15) is 5.10 Å². The number of benzene rings is 1. The van der Waals surface area contributed by atoms with Crippen LogP contribution in [0.5, 0.6) is 0 Å². The van der Waals surface area contributed by atoms with Crippen LogP contribution in [0.3, 0.4) is 0 Å². The van der Waals surface area contributed by atoms with Gasteiger partial charge in [0.05, 0.1) is 17.8 Å². The first kappa shape index (κ1) is 21.9. The number of aromatic nitrogens is 2. The molecule has 0 N–H and O–H groups in total. The summed E-state index contributed by atoms with van der Waals surface area (Å²) in [5.74, 6) is 0.0152. The van der Waals surface area contributed by atoms with Gasteiger partial charge in [-0.1, -0.05) is 37.3 Å². The average molecular weight is 449 g/mol. The molecule has 2 aliphatic heterocycles. The Kier molecular flexibility index (Phi) is 5.38. The van der Waals surface area contributed by atoms with Gasteiger partial charge in [0.2, 0.25) is 11.8 Å². The van der Waals surface area contributed by atoms with Gasteiger partial charge < -0.3 is 9.80 Å². The van der Waals surface area contributed by atoms with Crippen molar-refractivity contribution in [3.8, 4) is 0 Å². The maximum Gasteiger partial charge on any atom is 0.267 e. The van der Waals surface area contributed by atoms with Crippen molar-refractivity contribution in [2.24, 2.45) is 5.41 Å². The number of fused-ring (bicyclic) bond motifs is 1. The number of piperidine rings is 1. The monoisotopic (exact) mass is 448 g/mol. The smallest absolute Gasteiger partial charge is 0.267 e. The lowest BCUT2D eigenvalue weighted by molar-refractivity contribution is -0.143. The molecule has 5 rings (SSSR count). The zero-order chi connectivity index (χ0) is 23.3. The lowest BCUT2D eigenvalue weighted by Crippen LogP contribution is -2.62. The third-order valence-electron chi connectivity index (χ3n) is 8.18. The van der Waals surface area contributed by atoms with Crippen molar-refractivity contribution in [1.29, 1.82) is 0 Å². The molecule has 1 aromatic carbocycles. The van der Waals surface area contributed by atoms with Crippen LogP contribution in [0.2, 0.25) is 0 Å². The Morgan fingerprint density at radius 3 is 2.45 bits per heavy atom. The average Bonchev–Trinajstić information content (AvgIpc) is 3.09. The van der Waals surface area contributed by atoms with Crippen molar-refractivity contribution in [2.45, 2.75) is 83.6 Å². The minimum atomic E-state index is -0.268. The summed E-state index contributed by atoms with van der Waals surface area (Å²) >= 11 is 0. The Balaban J connectivity index is 1.54. The maximum absolute atomic E-state index is 13.8. The molecule has 7 heteroatoms. The SMILES string of the molecule is CC(=O)N1[C@@H](Cc2ccccc2)[C@@H]2C[C@@]3(C)[C@H](CCC[C@@H]13)N2C(=O)Cn1nc(C)ccc1=O. The van der Waals surface area contributed by atoms with Gasteiger partial charge in [0, 0.05) is 30.5 Å². The van der Waals surface area contributed by atoms with Crippen LogP contribution in [0.25, 0.3) is 0 Å². The molecule has 1 aliphatic carbocycles. The summed E-state index contributed by atoms with van der Waals surface area (Å²) in [6.07, 6.45) is 4.52. The van der Waals surface area contributed by atoms with E-state index in [4.69, 9.17) is 0 Å². The van der Waals surface area contributed by atoms with E-state index in [1.54, 1.807) is 13.0 Å². The molecular formula is C26H32N4O3. The minimum Gasteiger partial charge on any atom is -0.334 e. The molecule has 0 unspecified atom stereocenters. The number of hydrogen-bond donors (Lipinski definition) is 0. The first-order chi connectivity index (χ1) is 15.8. The van der Waals surface area contributed by atoms with E-state index in [1.165, 1.54) is 16.3 Å². The lowest BCUT2D eigenvalue weighted by atomic mass is 9.64. The Morgan fingerprint density at radius 2 is 1.76 bits per heavy atom. The van der Waals surface area contributed by atoms with Crippen molar-refractivity contribution in [2.75, 3.05) is 0 Å². The summed E-state index contributed by atoms with van der Waals surface area (Å²) < 4.78 is 1.28. The molecule has 1 aromatic heterocycles. The van der Waals surface area contributed by atoms with Crippen LogP contribution in [-0.2, 0) is 22.6 Å². The number of nitrogens with zero attached hydrogens (tertiary/aromatic N) is 4. The van der Waals surface area contributed by atoms with Gasteiger partial charge in [0.15, 0.2) is 0 Å². The topological polar surface area (TPSA) is 75.5 Å². The summed E-state index contributed by atoms with van der Waals surface area (Å²) in [4.78, 5) is 43.2. The number of rotatable bonds is 4. The summed E-state index contributed by atoms with van der Waals surface area (Å²) in [5, 5.41) is 4.29. The van der Waals surface area contributed by atoms with E-state index in [1.807, 2.05) is 30.0 Å². The van der Waals surface area contributed by atoms with E-state index in [0.717, 1.165) is 32.1 Å². The van der Waals surface area contributed by atoms with E-state index >= 15 is 0 Å². The molecular weight excluding hydrogens is 416 g/mol. The molecule has 2 aromatic rings. The zero-order valence-electron chi connectivity index (χ0n) is 19.6. The first-order valence-electron chi connectivity index (χ1n) is 12.0. The van der Waals surface area contributed by atoms with Crippen molar-refractivity contribution < 1.29 is 9.59 Å². The highest BCUT2D eigenvalue weighted by Gasteiger charge is 2.64. The second-order valence-corrected chi connectivity index (χ2v) is 10.2. The molecule has 7 nitrogen and oxygen atoms in total. The van der Waals surface area contributed by atoms with Crippen molar-refractivity contribution in [3.05, 3.63) is 64.1 Å². The van der Waals surface area contributed by atoms with Gasteiger partial charge in [0.1, 0.15) is 6.54 Å². The van der Waals surface area contributed by atoms with Gasteiger partial charge in [-0.25, -0.2) is 4.68 Å². The van der Waals surface area contributed by atoms with Crippen LogP contribution in [-0.4, -0.2) is 55.6 Å². The molecule has 5 atom stereocenters. The van der Waals surface area contributed by atoms with Crippen LogP contribution >= 0.6 is 0 Å². The lowest BCUT2D eigenvalue weighted by Gasteiger charge is -2.52. The molecule has 2 saturated heterocycles. The largest absolute Gasteiger partial charge is 0.334 e. The Bertz CT molecular complexity index is 1130. The third-order valence-corrected chi connectivity index (χ3v) is 8.18. The van der Waals surface area contributed by atoms with E-state index in [-0.39, 0.29) is 53.5 Å². The predicted octanol–water partition coefficient (Wildman–Crippen LogP) is 2.55. The highest BCUT2D eigenvalue weighted by molar-refractivity contribution is 5.79. The summed E-state index contributed by atoms with van der Waals surface area (Å²) in [5.41, 5.74) is 1.48. The molecule has 3 heterocycles. The highest BCUT2D eigenvalue weighted by Crippen LogP contribution is 2.56. The Labute approximate surface area is 194 Å². The maximum atomic E-state index is 13.8. The van der Waals surface area contributed by atoms with Crippen LogP contribution in [0.4, 0.5) is 0 Å². The second kappa shape index (κ2) is 8.12. The quantitative estimate of drug-likeness (QED) is 0.721. The number of carbonyl (C=O) groups is 2. The summed E-state index contributed by atoms with van der Waals surface area (Å²) in [6.45, 7) is 5.68. The van der Waals surface area contributed by atoms with E-state index in [9.17, 15) is 14.4 Å². The van der Waals surface area contributed by atoms with Crippen LogP contribution in [0.1, 0.15) is 50.8 Å². The molecule has 2 amide bonds. The molecule has 174 valence electrons. The van der Waals surface area contributed by atoms with Gasteiger partial charge in [-0.15, -0.1) is 0 Å². The standard InChI is InChI=1S/C26H32N4O3/c1-17-12-13-24(32)28(27-17)16-25(33)30-21-15-26(3)22(10-7-11-23(26)30)29(18(2)31)20(21)14-19-8-5-4-6-9-19/h4-6,8-9,12-13,20-23H,7,10-11,14-16H2,1-3H3/t20-,21-,22+,23-,26+/m0/s1. The molecule has 0 spiro atoms. The van der Waals surface area contributed by atoms with Crippen molar-refractivity contribution >= 4 is 11.8 Å². The number of likely N-dealkylation sites (tertiary alicyclic amines) is 2. The number of carbonyl (C=O) groups excluding carboxylic acids is 2. The van der Waals surface area contributed by atoms with Gasteiger partial charge in [0.25, 0.3) is 5.56 Å². The fourth-order valence-corrected chi connectivity index (χ4v) is 6.87. The number of aryl methyl sites for hydroxylation is 1. The fraction of sp³-hybridized carbons (Fsp3) is 0.538. The fourth-order valence-electron chi connectivity index (χ4n) is 6.87. The summed E-state index contributed by atoms with van der Waals surface area (Å²) in [6, 6.07) is 13.4. The molecule has 3 fully saturated rings. The van der Waals surface area contributed by atoms with E-state index < -0.39 is 0 Å². The Morgan fingerprint density at radius 1 is 1.06 bits per heavy atom. The van der Waals surface area contributed by atoms with Gasteiger partial charge in [-0.05, 0) is 50.7 Å². The van der Waals surface area contributed by atoms with Crippen molar-refractivity contribution in [1.82, 2.24) is 19.6 Å². The number of amides is 2. The third kappa shape index (κ3) is 3.58. The molecule has 0 radical (unpaired) electrons. The second-order valence-electron chi connectivity index (χ2n) is 10.2. The molecule has 33 heavy (non-hydrogen) atoms. The highest BCUT2D eigenvalue weighted by atomic mass is 16.2. The molecule has 3 aliphatic rings. The van der Waals surface area contributed by atoms with E-state index in [2.05, 4.69) is 29.1 Å². The van der Waals surface area contributed by atoms with Gasteiger partial charge >= 0.3 is 0 Å². The zero-order valence-corrected chi connectivity index (χ0v) is 19.6. The van der Waals surface area contributed by atoms with E-state index in [0.29, 0.717) is 5.69 Å². The number of hydrogen-bond acceptors (Lipinski definition) is 4.